The number of aliphatic hydroxyl groups is 1. The van der Waals surface area contributed by atoms with E-state index < -0.39 is 35.7 Å². The maximum Gasteiger partial charge on any atom is 0.573 e. The normalized spacial score (nSPS) is 18.4. The van der Waals surface area contributed by atoms with Gasteiger partial charge in [-0.05, 0) is 48.9 Å². The zero-order chi connectivity index (χ0) is 24.3. The first-order valence-corrected chi connectivity index (χ1v) is 10.2. The lowest BCUT2D eigenvalue weighted by Gasteiger charge is -2.28. The van der Waals surface area contributed by atoms with Crippen molar-refractivity contribution in [2.75, 3.05) is 13.2 Å². The van der Waals surface area contributed by atoms with Crippen LogP contribution >= 0.6 is 0 Å². The molecule has 0 unspecified atom stereocenters. The van der Waals surface area contributed by atoms with Crippen molar-refractivity contribution in [3.05, 3.63) is 70.8 Å². The van der Waals surface area contributed by atoms with Crippen LogP contribution in [0.4, 0.5) is 13.2 Å². The summed E-state index contributed by atoms with van der Waals surface area (Å²) in [5.41, 5.74) is -0.254. The second kappa shape index (κ2) is 9.61. The maximum absolute atomic E-state index is 13.1. The van der Waals surface area contributed by atoms with Crippen LogP contribution in [0.3, 0.4) is 0 Å². The zero-order valence-corrected chi connectivity index (χ0v) is 17.5. The molecular weight excluding hydrogens is 457 g/mol. The van der Waals surface area contributed by atoms with E-state index in [0.717, 1.165) is 16.8 Å². The number of hydrogen-bond donors (Lipinski definition) is 2. The van der Waals surface area contributed by atoms with Gasteiger partial charge in [-0.15, -0.1) is 13.2 Å². The molecule has 9 nitrogen and oxygen atoms in total. The number of aromatic nitrogens is 3. The van der Waals surface area contributed by atoms with E-state index >= 15 is 0 Å². The Morgan fingerprint density at radius 3 is 2.65 bits per heavy atom. The van der Waals surface area contributed by atoms with Crippen molar-refractivity contribution >= 4 is 5.91 Å². The van der Waals surface area contributed by atoms with E-state index in [4.69, 9.17) is 4.74 Å². The van der Waals surface area contributed by atoms with Crippen LogP contribution in [-0.4, -0.2) is 57.5 Å². The summed E-state index contributed by atoms with van der Waals surface area (Å²) in [5.74, 6) is -1.18. The number of amides is 1. The van der Waals surface area contributed by atoms with E-state index in [2.05, 4.69) is 20.1 Å². The molecule has 0 radical (unpaired) electrons. The van der Waals surface area contributed by atoms with Gasteiger partial charge in [0.2, 0.25) is 0 Å². The fourth-order valence-electron chi connectivity index (χ4n) is 3.39. The van der Waals surface area contributed by atoms with Crippen molar-refractivity contribution in [1.82, 2.24) is 20.1 Å². The molecule has 1 aliphatic heterocycles. The minimum absolute atomic E-state index is 0.0856. The Morgan fingerprint density at radius 2 is 2.00 bits per heavy atom. The highest BCUT2D eigenvalue weighted by atomic mass is 19.4. The lowest BCUT2D eigenvalue weighted by Crippen LogP contribution is -2.50. The fourth-order valence-corrected chi connectivity index (χ4v) is 3.39. The summed E-state index contributed by atoms with van der Waals surface area (Å²) < 4.78 is 47.5. The monoisotopic (exact) mass is 476 g/mol. The number of carbonyl (C=O) groups is 1. The molecule has 3 heterocycles. The number of alkyl halides is 3. The molecule has 0 bridgehead atoms. The number of nitrogens with zero attached hydrogens (tertiary/aromatic N) is 3. The molecule has 34 heavy (non-hydrogen) atoms. The second-order valence-corrected chi connectivity index (χ2v) is 7.45. The molecule has 1 saturated heterocycles. The second-order valence-electron chi connectivity index (χ2n) is 7.45. The van der Waals surface area contributed by atoms with Crippen LogP contribution in [-0.2, 0) is 4.74 Å². The molecule has 2 atom stereocenters. The molecule has 2 N–H and O–H groups in total. The molecule has 178 valence electrons. The van der Waals surface area contributed by atoms with E-state index in [0.29, 0.717) is 18.6 Å². The molecule has 1 aromatic carbocycles. The van der Waals surface area contributed by atoms with Gasteiger partial charge in [-0.25, -0.2) is 0 Å². The molecule has 0 saturated carbocycles. The van der Waals surface area contributed by atoms with Gasteiger partial charge in [-0.2, -0.15) is 9.78 Å². The van der Waals surface area contributed by atoms with Crippen LogP contribution in [0, 0.1) is 0 Å². The lowest BCUT2D eigenvalue weighted by molar-refractivity contribution is -0.274. The van der Waals surface area contributed by atoms with Crippen molar-refractivity contribution in [1.29, 1.82) is 0 Å². The largest absolute Gasteiger partial charge is 0.573 e. The summed E-state index contributed by atoms with van der Waals surface area (Å²) in [5, 5.41) is 17.0. The van der Waals surface area contributed by atoms with E-state index in [1.807, 2.05) is 0 Å². The average molecular weight is 476 g/mol. The number of aliphatic hydroxyl groups excluding tert-OH is 1. The highest BCUT2D eigenvalue weighted by molar-refractivity contribution is 5.95. The van der Waals surface area contributed by atoms with Gasteiger partial charge in [-0.3, -0.25) is 14.6 Å². The number of ether oxygens (including phenoxy) is 2. The van der Waals surface area contributed by atoms with E-state index in [9.17, 15) is 27.9 Å². The van der Waals surface area contributed by atoms with Crippen LogP contribution in [0.5, 0.6) is 5.75 Å². The topological polar surface area (TPSA) is 116 Å². The molecule has 1 amide bonds. The number of halogens is 3. The summed E-state index contributed by atoms with van der Waals surface area (Å²) in [4.78, 5) is 30.0. The van der Waals surface area contributed by atoms with Crippen LogP contribution in [0.25, 0.3) is 16.9 Å². The molecule has 1 fully saturated rings. The van der Waals surface area contributed by atoms with E-state index in [1.165, 1.54) is 30.6 Å². The number of benzene rings is 1. The van der Waals surface area contributed by atoms with Crippen LogP contribution in [0.2, 0.25) is 0 Å². The third-order valence-corrected chi connectivity index (χ3v) is 5.07. The van der Waals surface area contributed by atoms with Gasteiger partial charge in [0.25, 0.3) is 11.5 Å². The predicted molar refractivity (Wildman–Crippen MR) is 112 cm³/mol. The SMILES string of the molecule is O=C(N[C@H]1COCC[C@H]1O)c1cc(-c2ccc(OC(F)(F)F)cc2)nn(-c2cccnc2)c1=O. The fraction of sp³-hybridized carbons (Fsp3) is 0.273. The molecule has 1 aliphatic rings. The first-order valence-electron chi connectivity index (χ1n) is 10.2. The standard InChI is InChI=1S/C22H19F3N4O5/c23-22(24,25)34-15-5-3-13(4-6-15)17-10-16(20(31)27-18-12-33-9-7-19(18)30)21(32)29(28-17)14-2-1-8-26-11-14/h1-6,8,10-11,18-19,30H,7,9,12H2,(H,27,31)/t18-,19+/m0/s1. The molecule has 0 spiro atoms. The lowest BCUT2D eigenvalue weighted by atomic mass is 10.1. The van der Waals surface area contributed by atoms with Crippen molar-refractivity contribution in [3.8, 4) is 22.7 Å². The van der Waals surface area contributed by atoms with Crippen LogP contribution in [0.1, 0.15) is 16.8 Å². The number of carbonyl (C=O) groups excluding carboxylic acids is 1. The highest BCUT2D eigenvalue weighted by Crippen LogP contribution is 2.26. The van der Waals surface area contributed by atoms with Crippen molar-refractivity contribution in [2.24, 2.45) is 0 Å². The van der Waals surface area contributed by atoms with E-state index in [1.54, 1.807) is 12.1 Å². The van der Waals surface area contributed by atoms with Crippen molar-refractivity contribution in [3.63, 3.8) is 0 Å². The quantitative estimate of drug-likeness (QED) is 0.579. The van der Waals surface area contributed by atoms with E-state index in [-0.39, 0.29) is 23.6 Å². The molecule has 0 aliphatic carbocycles. The minimum atomic E-state index is -4.84. The molecule has 3 aromatic rings. The summed E-state index contributed by atoms with van der Waals surface area (Å²) in [7, 11) is 0. The third kappa shape index (κ3) is 5.41. The van der Waals surface area contributed by atoms with Gasteiger partial charge in [-0.1, -0.05) is 0 Å². The van der Waals surface area contributed by atoms with Gasteiger partial charge >= 0.3 is 6.36 Å². The summed E-state index contributed by atoms with van der Waals surface area (Å²) in [6.07, 6.45) is -2.47. The van der Waals surface area contributed by atoms with Gasteiger partial charge in [0.15, 0.2) is 0 Å². The zero-order valence-electron chi connectivity index (χ0n) is 17.5. The Balaban J connectivity index is 1.73. The molecule has 4 rings (SSSR count). The molecule has 12 heteroatoms. The third-order valence-electron chi connectivity index (χ3n) is 5.07. The summed E-state index contributed by atoms with van der Waals surface area (Å²) >= 11 is 0. The number of nitrogens with one attached hydrogen (secondary N) is 1. The summed E-state index contributed by atoms with van der Waals surface area (Å²) in [6, 6.07) is 8.51. The highest BCUT2D eigenvalue weighted by Gasteiger charge is 2.31. The Bertz CT molecular complexity index is 1220. The number of pyridine rings is 1. The average Bonchev–Trinajstić information content (AvgIpc) is 2.81. The summed E-state index contributed by atoms with van der Waals surface area (Å²) in [6.45, 7) is 0.442. The van der Waals surface area contributed by atoms with Gasteiger partial charge in [0, 0.05) is 18.4 Å². The molecular formula is C22H19F3N4O5. The Labute approximate surface area is 190 Å². The van der Waals surface area contributed by atoms with Crippen molar-refractivity contribution in [2.45, 2.75) is 24.9 Å². The Hall–Kier alpha value is -3.77. The first-order chi connectivity index (χ1) is 16.2. The smallest absolute Gasteiger partial charge is 0.406 e. The van der Waals surface area contributed by atoms with Gasteiger partial charge < -0.3 is 19.9 Å². The minimum Gasteiger partial charge on any atom is -0.406 e. The van der Waals surface area contributed by atoms with Gasteiger partial charge in [0.1, 0.15) is 11.3 Å². The number of hydrogen-bond acceptors (Lipinski definition) is 7. The Morgan fingerprint density at radius 1 is 1.24 bits per heavy atom. The van der Waals surface area contributed by atoms with Crippen LogP contribution in [0.15, 0.2) is 59.7 Å². The predicted octanol–water partition coefficient (Wildman–Crippen LogP) is 2.07. The maximum atomic E-state index is 13.1. The van der Waals surface area contributed by atoms with Gasteiger partial charge in [0.05, 0.1) is 36.3 Å². The number of rotatable bonds is 5. The molecule has 2 aromatic heterocycles. The van der Waals surface area contributed by atoms with Crippen molar-refractivity contribution < 1.29 is 32.5 Å². The van der Waals surface area contributed by atoms with Crippen LogP contribution < -0.4 is 15.6 Å². The first kappa shape index (κ1) is 23.4. The Kier molecular flexibility index (Phi) is 6.61.